The average molecular weight is 366 g/mol. The van der Waals surface area contributed by atoms with Crippen molar-refractivity contribution in [3.05, 3.63) is 77.3 Å². The monoisotopic (exact) mass is 365 g/mol. The van der Waals surface area contributed by atoms with Gasteiger partial charge in [0.25, 0.3) is 0 Å². The van der Waals surface area contributed by atoms with Crippen molar-refractivity contribution in [1.29, 1.82) is 0 Å². The van der Waals surface area contributed by atoms with Gasteiger partial charge >= 0.3 is 0 Å². The molecule has 124 valence electrons. The highest BCUT2D eigenvalue weighted by molar-refractivity contribution is 7.98. The molecule has 5 heteroatoms. The van der Waals surface area contributed by atoms with E-state index in [0.717, 1.165) is 22.3 Å². The zero-order valence-electron chi connectivity index (χ0n) is 13.7. The Morgan fingerprint density at radius 3 is 2.56 bits per heavy atom. The molecule has 0 aliphatic rings. The Balaban J connectivity index is 1.61. The standard InChI is InChI=1S/C20H16ClN3S/c1-24-19(17-11-4-5-12-18(17)21)22-23-20(24)25-13-15-9-6-8-14-7-2-3-10-16(14)15/h2-12H,13H2,1H3. The number of hydrogen-bond acceptors (Lipinski definition) is 3. The number of benzene rings is 3. The summed E-state index contributed by atoms with van der Waals surface area (Å²) < 4.78 is 2.00. The minimum absolute atomic E-state index is 0.684. The molecule has 1 heterocycles. The van der Waals surface area contributed by atoms with Crippen LogP contribution in [0.25, 0.3) is 22.2 Å². The minimum atomic E-state index is 0.684. The first-order valence-corrected chi connectivity index (χ1v) is 9.34. The SMILES string of the molecule is Cn1c(SCc2cccc3ccccc23)nnc1-c1ccccc1Cl. The maximum Gasteiger partial charge on any atom is 0.191 e. The molecule has 4 aromatic rings. The van der Waals surface area contributed by atoms with Gasteiger partial charge in [-0.05, 0) is 28.5 Å². The molecule has 0 spiro atoms. The molecule has 0 aliphatic carbocycles. The van der Waals surface area contributed by atoms with Crippen LogP contribution in [0.4, 0.5) is 0 Å². The van der Waals surface area contributed by atoms with E-state index in [0.29, 0.717) is 5.02 Å². The Labute approximate surface area is 155 Å². The lowest BCUT2D eigenvalue weighted by Crippen LogP contribution is -1.95. The molecule has 0 bridgehead atoms. The summed E-state index contributed by atoms with van der Waals surface area (Å²) in [5.74, 6) is 1.63. The first-order chi connectivity index (χ1) is 12.2. The van der Waals surface area contributed by atoms with E-state index >= 15 is 0 Å². The van der Waals surface area contributed by atoms with E-state index in [4.69, 9.17) is 11.6 Å². The zero-order chi connectivity index (χ0) is 17.2. The lowest BCUT2D eigenvalue weighted by molar-refractivity contribution is 0.794. The van der Waals surface area contributed by atoms with Gasteiger partial charge in [-0.3, -0.25) is 0 Å². The van der Waals surface area contributed by atoms with Crippen molar-refractivity contribution in [2.75, 3.05) is 0 Å². The first-order valence-electron chi connectivity index (χ1n) is 7.98. The first kappa shape index (κ1) is 16.2. The zero-order valence-corrected chi connectivity index (χ0v) is 15.3. The van der Waals surface area contributed by atoms with Gasteiger partial charge in [0, 0.05) is 18.4 Å². The maximum absolute atomic E-state index is 6.29. The molecular formula is C20H16ClN3S. The number of halogens is 1. The van der Waals surface area contributed by atoms with Crippen LogP contribution in [0.1, 0.15) is 5.56 Å². The summed E-state index contributed by atoms with van der Waals surface area (Å²) in [6, 6.07) is 22.6. The summed E-state index contributed by atoms with van der Waals surface area (Å²) in [5.41, 5.74) is 2.20. The van der Waals surface area contributed by atoms with Gasteiger partial charge in [-0.25, -0.2) is 0 Å². The van der Waals surface area contributed by atoms with Crippen molar-refractivity contribution in [3.8, 4) is 11.4 Å². The van der Waals surface area contributed by atoms with E-state index < -0.39 is 0 Å². The van der Waals surface area contributed by atoms with Gasteiger partial charge in [0.1, 0.15) is 0 Å². The van der Waals surface area contributed by atoms with Gasteiger partial charge in [-0.2, -0.15) is 0 Å². The van der Waals surface area contributed by atoms with Gasteiger partial charge in [-0.1, -0.05) is 78.0 Å². The molecule has 0 fully saturated rings. The topological polar surface area (TPSA) is 30.7 Å². The Morgan fingerprint density at radius 1 is 0.920 bits per heavy atom. The van der Waals surface area contributed by atoms with Crippen LogP contribution >= 0.6 is 23.4 Å². The van der Waals surface area contributed by atoms with E-state index in [1.54, 1.807) is 11.8 Å². The second-order valence-electron chi connectivity index (χ2n) is 5.77. The quantitative estimate of drug-likeness (QED) is 0.442. The summed E-state index contributed by atoms with van der Waals surface area (Å²) in [4.78, 5) is 0. The van der Waals surface area contributed by atoms with E-state index in [1.165, 1.54) is 16.3 Å². The molecule has 4 rings (SSSR count). The third-order valence-electron chi connectivity index (χ3n) is 4.19. The number of aromatic nitrogens is 3. The molecule has 0 radical (unpaired) electrons. The highest BCUT2D eigenvalue weighted by Crippen LogP contribution is 2.30. The summed E-state index contributed by atoms with van der Waals surface area (Å²) >= 11 is 7.97. The van der Waals surface area contributed by atoms with Crippen LogP contribution in [0, 0.1) is 0 Å². The van der Waals surface area contributed by atoms with Crippen LogP contribution < -0.4 is 0 Å². The third-order valence-corrected chi connectivity index (χ3v) is 5.59. The number of rotatable bonds is 4. The predicted octanol–water partition coefficient (Wildman–Crippen LogP) is 5.58. The molecular weight excluding hydrogens is 350 g/mol. The van der Waals surface area contributed by atoms with E-state index in [1.807, 2.05) is 35.9 Å². The van der Waals surface area contributed by atoms with Crippen molar-refractivity contribution < 1.29 is 0 Å². The van der Waals surface area contributed by atoms with Gasteiger partial charge in [0.05, 0.1) is 5.02 Å². The number of nitrogens with zero attached hydrogens (tertiary/aromatic N) is 3. The predicted molar refractivity (Wildman–Crippen MR) is 105 cm³/mol. The Kier molecular flexibility index (Phi) is 4.47. The van der Waals surface area contributed by atoms with E-state index in [9.17, 15) is 0 Å². The second kappa shape index (κ2) is 6.90. The second-order valence-corrected chi connectivity index (χ2v) is 7.12. The van der Waals surface area contributed by atoms with Crippen LogP contribution in [0.2, 0.25) is 5.02 Å². The van der Waals surface area contributed by atoms with Crippen molar-refractivity contribution in [2.24, 2.45) is 7.05 Å². The highest BCUT2D eigenvalue weighted by Gasteiger charge is 2.14. The molecule has 1 aromatic heterocycles. The lowest BCUT2D eigenvalue weighted by atomic mass is 10.1. The van der Waals surface area contributed by atoms with Crippen molar-refractivity contribution >= 4 is 34.1 Å². The molecule has 3 aromatic carbocycles. The number of fused-ring (bicyclic) bond motifs is 1. The van der Waals surface area contributed by atoms with E-state index in [-0.39, 0.29) is 0 Å². The average Bonchev–Trinajstić information content (AvgIpc) is 3.01. The van der Waals surface area contributed by atoms with Crippen LogP contribution in [-0.2, 0) is 12.8 Å². The number of thioether (sulfide) groups is 1. The van der Waals surface area contributed by atoms with Crippen molar-refractivity contribution in [1.82, 2.24) is 14.8 Å². The molecule has 0 unspecified atom stereocenters. The summed E-state index contributed by atoms with van der Waals surface area (Å²) in [6.45, 7) is 0. The van der Waals surface area contributed by atoms with Gasteiger partial charge in [0.15, 0.2) is 11.0 Å². The Bertz CT molecular complexity index is 1040. The van der Waals surface area contributed by atoms with Crippen LogP contribution in [-0.4, -0.2) is 14.8 Å². The van der Waals surface area contributed by atoms with Crippen LogP contribution in [0.5, 0.6) is 0 Å². The fourth-order valence-electron chi connectivity index (χ4n) is 2.88. The normalized spacial score (nSPS) is 11.1. The van der Waals surface area contributed by atoms with Crippen molar-refractivity contribution in [3.63, 3.8) is 0 Å². The fourth-order valence-corrected chi connectivity index (χ4v) is 4.01. The molecule has 0 amide bonds. The maximum atomic E-state index is 6.29. The Hall–Kier alpha value is -2.30. The largest absolute Gasteiger partial charge is 0.305 e. The molecule has 0 saturated heterocycles. The summed E-state index contributed by atoms with van der Waals surface area (Å²) in [7, 11) is 1.98. The summed E-state index contributed by atoms with van der Waals surface area (Å²) in [5, 5.41) is 12.8. The molecule has 25 heavy (non-hydrogen) atoms. The molecule has 0 aliphatic heterocycles. The number of hydrogen-bond donors (Lipinski definition) is 0. The van der Waals surface area contributed by atoms with Gasteiger partial charge < -0.3 is 4.57 Å². The fraction of sp³-hybridized carbons (Fsp3) is 0.100. The smallest absolute Gasteiger partial charge is 0.191 e. The lowest BCUT2D eigenvalue weighted by Gasteiger charge is -2.07. The molecule has 0 saturated carbocycles. The van der Waals surface area contributed by atoms with E-state index in [2.05, 4.69) is 52.7 Å². The van der Waals surface area contributed by atoms with Gasteiger partial charge in [0.2, 0.25) is 0 Å². The van der Waals surface area contributed by atoms with Crippen molar-refractivity contribution in [2.45, 2.75) is 10.9 Å². The summed E-state index contributed by atoms with van der Waals surface area (Å²) in [6.07, 6.45) is 0. The molecule has 3 nitrogen and oxygen atoms in total. The van der Waals surface area contributed by atoms with Crippen LogP contribution in [0.3, 0.4) is 0 Å². The molecule has 0 N–H and O–H groups in total. The minimum Gasteiger partial charge on any atom is -0.305 e. The Morgan fingerprint density at radius 2 is 1.68 bits per heavy atom. The van der Waals surface area contributed by atoms with Crippen LogP contribution in [0.15, 0.2) is 71.9 Å². The van der Waals surface area contributed by atoms with Gasteiger partial charge in [-0.15, -0.1) is 10.2 Å². The molecule has 0 atom stereocenters. The highest BCUT2D eigenvalue weighted by atomic mass is 35.5. The third kappa shape index (κ3) is 3.15.